The molecule has 0 amide bonds. The molecule has 19 heavy (non-hydrogen) atoms. The van der Waals surface area contributed by atoms with Gasteiger partial charge in [0.25, 0.3) is 0 Å². The summed E-state index contributed by atoms with van der Waals surface area (Å²) >= 11 is 1.54. The van der Waals surface area contributed by atoms with Crippen molar-refractivity contribution < 1.29 is 19.2 Å². The number of carboxylic acids is 1. The molecule has 0 aliphatic heterocycles. The molecule has 0 fully saturated rings. The van der Waals surface area contributed by atoms with Gasteiger partial charge in [0, 0.05) is 11.0 Å². The third-order valence-corrected chi connectivity index (χ3v) is 3.50. The van der Waals surface area contributed by atoms with E-state index in [0.29, 0.717) is 11.4 Å². The highest BCUT2D eigenvalue weighted by molar-refractivity contribution is 7.98. The Bertz CT molecular complexity index is 621. The molecule has 6 heteroatoms. The number of ether oxygens (including phenoxy) is 1. The first-order chi connectivity index (χ1) is 9.08. The lowest BCUT2D eigenvalue weighted by molar-refractivity contribution is 0.0652. The molecule has 5 nitrogen and oxygen atoms in total. The second kappa shape index (κ2) is 5.36. The van der Waals surface area contributed by atoms with E-state index in [-0.39, 0.29) is 5.76 Å². The van der Waals surface area contributed by atoms with E-state index in [1.807, 2.05) is 25.3 Å². The Labute approximate surface area is 114 Å². The number of hydrogen-bond donors (Lipinski definition) is 1. The monoisotopic (exact) mass is 279 g/mol. The van der Waals surface area contributed by atoms with Crippen molar-refractivity contribution in [3.05, 3.63) is 29.5 Å². The second-order valence-corrected chi connectivity index (χ2v) is 4.72. The summed E-state index contributed by atoms with van der Waals surface area (Å²) in [4.78, 5) is 11.8. The molecular formula is C13H13NO4S. The molecule has 2 aromatic rings. The molecule has 0 bridgehead atoms. The van der Waals surface area contributed by atoms with Gasteiger partial charge in [-0.1, -0.05) is 11.2 Å². The van der Waals surface area contributed by atoms with Crippen LogP contribution in [0.4, 0.5) is 0 Å². The molecule has 1 aromatic heterocycles. The maximum Gasteiger partial charge on any atom is 0.374 e. The SMILES string of the molecule is COc1c(C)ccc(SC)c1-c1cc(C(=O)O)on1. The number of aromatic nitrogens is 1. The highest BCUT2D eigenvalue weighted by Gasteiger charge is 2.19. The van der Waals surface area contributed by atoms with Crippen LogP contribution in [-0.2, 0) is 0 Å². The summed E-state index contributed by atoms with van der Waals surface area (Å²) in [5, 5.41) is 12.7. The van der Waals surface area contributed by atoms with Crippen LogP contribution in [0.1, 0.15) is 16.1 Å². The van der Waals surface area contributed by atoms with Crippen LogP contribution in [0.5, 0.6) is 5.75 Å². The van der Waals surface area contributed by atoms with Gasteiger partial charge in [-0.15, -0.1) is 11.8 Å². The summed E-state index contributed by atoms with van der Waals surface area (Å²) in [5.41, 5.74) is 2.17. The molecular weight excluding hydrogens is 266 g/mol. The Morgan fingerprint density at radius 2 is 2.21 bits per heavy atom. The molecule has 100 valence electrons. The molecule has 0 saturated heterocycles. The fourth-order valence-corrected chi connectivity index (χ4v) is 2.44. The molecule has 1 N–H and O–H groups in total. The third kappa shape index (κ3) is 2.44. The zero-order chi connectivity index (χ0) is 14.0. The molecule has 1 aromatic carbocycles. The number of carbonyl (C=O) groups is 1. The van der Waals surface area contributed by atoms with Gasteiger partial charge in [-0.2, -0.15) is 0 Å². The Morgan fingerprint density at radius 3 is 2.74 bits per heavy atom. The highest BCUT2D eigenvalue weighted by atomic mass is 32.2. The molecule has 0 aliphatic rings. The van der Waals surface area contributed by atoms with E-state index in [2.05, 4.69) is 5.16 Å². The van der Waals surface area contributed by atoms with Gasteiger partial charge in [0.15, 0.2) is 0 Å². The van der Waals surface area contributed by atoms with Gasteiger partial charge in [0.1, 0.15) is 11.4 Å². The van der Waals surface area contributed by atoms with Crippen LogP contribution in [-0.4, -0.2) is 29.6 Å². The van der Waals surface area contributed by atoms with E-state index in [9.17, 15) is 4.79 Å². The van der Waals surface area contributed by atoms with E-state index in [4.69, 9.17) is 14.4 Å². The first-order valence-corrected chi connectivity index (χ1v) is 6.73. The Kier molecular flexibility index (Phi) is 3.80. The molecule has 0 saturated carbocycles. The Hall–Kier alpha value is -1.95. The van der Waals surface area contributed by atoms with Crippen molar-refractivity contribution in [2.75, 3.05) is 13.4 Å². The standard InChI is InChI=1S/C13H13NO4S/c1-7-4-5-10(19-3)11(12(7)17-2)8-6-9(13(15)16)18-14-8/h4-6H,1-3H3,(H,15,16). The minimum atomic E-state index is -1.14. The number of thioether (sulfide) groups is 1. The van der Waals surface area contributed by atoms with Crippen molar-refractivity contribution in [1.82, 2.24) is 5.16 Å². The van der Waals surface area contributed by atoms with Crippen molar-refractivity contribution in [2.24, 2.45) is 0 Å². The molecule has 2 rings (SSSR count). The van der Waals surface area contributed by atoms with Gasteiger partial charge in [0.2, 0.25) is 5.76 Å². The predicted molar refractivity (Wildman–Crippen MR) is 72.0 cm³/mol. The number of methoxy groups -OCH3 is 1. The van der Waals surface area contributed by atoms with Crippen molar-refractivity contribution >= 4 is 17.7 Å². The van der Waals surface area contributed by atoms with Crippen molar-refractivity contribution in [3.63, 3.8) is 0 Å². The second-order valence-electron chi connectivity index (χ2n) is 3.87. The van der Waals surface area contributed by atoms with E-state index >= 15 is 0 Å². The fraction of sp³-hybridized carbons (Fsp3) is 0.231. The number of hydrogen-bond acceptors (Lipinski definition) is 5. The molecule has 1 heterocycles. The smallest absolute Gasteiger partial charge is 0.374 e. The van der Waals surface area contributed by atoms with E-state index in [0.717, 1.165) is 16.0 Å². The van der Waals surface area contributed by atoms with E-state index in [1.54, 1.807) is 7.11 Å². The number of aromatic carboxylic acids is 1. The lowest BCUT2D eigenvalue weighted by atomic mass is 10.1. The minimum Gasteiger partial charge on any atom is -0.496 e. The number of carboxylic acid groups (broad SMARTS) is 1. The number of rotatable bonds is 4. The van der Waals surface area contributed by atoms with Gasteiger partial charge < -0.3 is 14.4 Å². The zero-order valence-electron chi connectivity index (χ0n) is 10.8. The van der Waals surface area contributed by atoms with E-state index < -0.39 is 5.97 Å². The predicted octanol–water partition coefficient (Wildman–Crippen LogP) is 3.08. The van der Waals surface area contributed by atoms with Crippen LogP contribution in [0.25, 0.3) is 11.3 Å². The highest BCUT2D eigenvalue weighted by Crippen LogP contribution is 2.39. The van der Waals surface area contributed by atoms with Crippen LogP contribution < -0.4 is 4.74 Å². The fourth-order valence-electron chi connectivity index (χ4n) is 1.84. The molecule has 0 unspecified atom stereocenters. The Morgan fingerprint density at radius 1 is 1.47 bits per heavy atom. The number of aryl methyl sites for hydroxylation is 1. The average Bonchev–Trinajstić information content (AvgIpc) is 2.87. The lowest BCUT2D eigenvalue weighted by Crippen LogP contribution is -1.94. The normalized spacial score (nSPS) is 10.5. The summed E-state index contributed by atoms with van der Waals surface area (Å²) in [7, 11) is 1.58. The average molecular weight is 279 g/mol. The molecule has 0 aliphatic carbocycles. The summed E-state index contributed by atoms with van der Waals surface area (Å²) in [5.74, 6) is -0.654. The van der Waals surface area contributed by atoms with Gasteiger partial charge in [-0.3, -0.25) is 0 Å². The third-order valence-electron chi connectivity index (χ3n) is 2.72. The summed E-state index contributed by atoms with van der Waals surface area (Å²) in [6.07, 6.45) is 1.94. The van der Waals surface area contributed by atoms with Gasteiger partial charge in [-0.05, 0) is 24.8 Å². The summed E-state index contributed by atoms with van der Waals surface area (Å²) in [6.45, 7) is 1.92. The Balaban J connectivity index is 2.64. The van der Waals surface area contributed by atoms with Crippen molar-refractivity contribution in [1.29, 1.82) is 0 Å². The van der Waals surface area contributed by atoms with Crippen molar-refractivity contribution in [3.8, 4) is 17.0 Å². The number of benzene rings is 1. The van der Waals surface area contributed by atoms with E-state index in [1.165, 1.54) is 17.8 Å². The quantitative estimate of drug-likeness (QED) is 0.867. The lowest BCUT2D eigenvalue weighted by Gasteiger charge is -2.12. The largest absolute Gasteiger partial charge is 0.496 e. The summed E-state index contributed by atoms with van der Waals surface area (Å²) < 4.78 is 10.2. The van der Waals surface area contributed by atoms with Crippen LogP contribution in [0, 0.1) is 6.92 Å². The van der Waals surface area contributed by atoms with Crippen LogP contribution in [0.2, 0.25) is 0 Å². The molecule has 0 radical (unpaired) electrons. The topological polar surface area (TPSA) is 72.6 Å². The first kappa shape index (κ1) is 13.5. The molecule has 0 atom stereocenters. The van der Waals surface area contributed by atoms with Gasteiger partial charge in [-0.25, -0.2) is 4.79 Å². The molecule has 0 spiro atoms. The first-order valence-electron chi connectivity index (χ1n) is 5.50. The maximum absolute atomic E-state index is 10.9. The van der Waals surface area contributed by atoms with Crippen LogP contribution in [0.3, 0.4) is 0 Å². The van der Waals surface area contributed by atoms with Crippen molar-refractivity contribution in [2.45, 2.75) is 11.8 Å². The van der Waals surface area contributed by atoms with Gasteiger partial charge in [0.05, 0.1) is 12.7 Å². The maximum atomic E-state index is 10.9. The van der Waals surface area contributed by atoms with Crippen LogP contribution in [0.15, 0.2) is 27.6 Å². The number of nitrogens with zero attached hydrogens (tertiary/aromatic N) is 1. The minimum absolute atomic E-state index is 0.189. The summed E-state index contributed by atoms with van der Waals surface area (Å²) in [6, 6.07) is 5.30. The van der Waals surface area contributed by atoms with Gasteiger partial charge >= 0.3 is 5.97 Å². The van der Waals surface area contributed by atoms with Crippen LogP contribution >= 0.6 is 11.8 Å². The zero-order valence-corrected chi connectivity index (χ0v) is 11.6.